The smallest absolute Gasteiger partial charge is 0.114 e. The summed E-state index contributed by atoms with van der Waals surface area (Å²) < 4.78 is 2.19. The predicted molar refractivity (Wildman–Crippen MR) is 126 cm³/mol. The highest BCUT2D eigenvalue weighted by Crippen LogP contribution is 2.39. The molecule has 164 valence electrons. The van der Waals surface area contributed by atoms with Crippen LogP contribution in [0.3, 0.4) is 0 Å². The van der Waals surface area contributed by atoms with Crippen molar-refractivity contribution in [2.45, 2.75) is 65.5 Å². The van der Waals surface area contributed by atoms with Crippen LogP contribution >= 0.6 is 0 Å². The Morgan fingerprint density at radius 2 is 1.90 bits per heavy atom. The summed E-state index contributed by atoms with van der Waals surface area (Å²) in [6, 6.07) is 11.3. The molecule has 1 aliphatic heterocycles. The average molecular weight is 419 g/mol. The molecule has 1 fully saturated rings. The normalized spacial score (nSPS) is 18.9. The van der Waals surface area contributed by atoms with Crippen molar-refractivity contribution in [3.63, 3.8) is 0 Å². The van der Waals surface area contributed by atoms with E-state index in [1.165, 1.54) is 23.4 Å². The highest BCUT2D eigenvalue weighted by atomic mass is 15.3. The SMILES string of the molecule is CCn1nc(-c2cc(-c3ccc(N4CCC(N)CC4)cc3)n[nH]2)c2c1CC(C)(C)CC2. The molecule has 0 spiro atoms. The van der Waals surface area contributed by atoms with Gasteiger partial charge >= 0.3 is 0 Å². The Bertz CT molecular complexity index is 1050. The summed E-state index contributed by atoms with van der Waals surface area (Å²) in [6.07, 6.45) is 5.51. The number of aryl methyl sites for hydroxylation is 1. The number of fused-ring (bicyclic) bond motifs is 1. The third kappa shape index (κ3) is 3.89. The zero-order valence-corrected chi connectivity index (χ0v) is 19.0. The monoisotopic (exact) mass is 418 g/mol. The van der Waals surface area contributed by atoms with Crippen molar-refractivity contribution in [3.8, 4) is 22.6 Å². The molecule has 1 aliphatic carbocycles. The van der Waals surface area contributed by atoms with Crippen molar-refractivity contribution in [2.24, 2.45) is 11.1 Å². The van der Waals surface area contributed by atoms with Crippen molar-refractivity contribution >= 4 is 5.69 Å². The molecule has 3 aromatic rings. The van der Waals surface area contributed by atoms with Crippen LogP contribution in [0, 0.1) is 5.41 Å². The van der Waals surface area contributed by atoms with Crippen LogP contribution in [0.15, 0.2) is 30.3 Å². The number of benzene rings is 1. The first kappa shape index (κ1) is 20.3. The van der Waals surface area contributed by atoms with Gasteiger partial charge in [0.2, 0.25) is 0 Å². The molecule has 0 unspecified atom stereocenters. The van der Waals surface area contributed by atoms with E-state index in [9.17, 15) is 0 Å². The Morgan fingerprint density at radius 1 is 1.16 bits per heavy atom. The van der Waals surface area contributed by atoms with Gasteiger partial charge in [0.1, 0.15) is 5.69 Å². The second-order valence-electron chi connectivity index (χ2n) is 9.97. The fraction of sp³-hybridized carbons (Fsp3) is 0.520. The second-order valence-corrected chi connectivity index (χ2v) is 9.97. The van der Waals surface area contributed by atoms with Crippen LogP contribution in [-0.2, 0) is 19.4 Å². The summed E-state index contributed by atoms with van der Waals surface area (Å²) in [6.45, 7) is 9.87. The summed E-state index contributed by atoms with van der Waals surface area (Å²) in [5, 5.41) is 12.8. The fourth-order valence-corrected chi connectivity index (χ4v) is 5.07. The van der Waals surface area contributed by atoms with Crippen molar-refractivity contribution in [3.05, 3.63) is 41.6 Å². The third-order valence-corrected chi connectivity index (χ3v) is 7.06. The van der Waals surface area contributed by atoms with Gasteiger partial charge in [-0.15, -0.1) is 0 Å². The van der Waals surface area contributed by atoms with E-state index >= 15 is 0 Å². The summed E-state index contributed by atoms with van der Waals surface area (Å²) in [5.74, 6) is 0. The van der Waals surface area contributed by atoms with E-state index < -0.39 is 0 Å². The number of aromatic nitrogens is 4. The minimum atomic E-state index is 0.345. The molecule has 0 amide bonds. The zero-order valence-electron chi connectivity index (χ0n) is 19.0. The lowest BCUT2D eigenvalue weighted by Gasteiger charge is -2.32. The number of hydrogen-bond donors (Lipinski definition) is 2. The molecule has 0 saturated carbocycles. The molecule has 3 heterocycles. The van der Waals surface area contributed by atoms with Crippen LogP contribution in [0.1, 0.15) is 51.3 Å². The minimum Gasteiger partial charge on any atom is -0.371 e. The molecule has 6 heteroatoms. The molecule has 1 saturated heterocycles. The molecule has 31 heavy (non-hydrogen) atoms. The highest BCUT2D eigenvalue weighted by molar-refractivity contribution is 5.70. The van der Waals surface area contributed by atoms with Crippen molar-refractivity contribution in [2.75, 3.05) is 18.0 Å². The van der Waals surface area contributed by atoms with E-state index in [0.717, 1.165) is 68.0 Å². The number of nitrogens with one attached hydrogen (secondary N) is 1. The Morgan fingerprint density at radius 3 is 2.61 bits per heavy atom. The number of piperidine rings is 1. The van der Waals surface area contributed by atoms with E-state index in [4.69, 9.17) is 10.8 Å². The van der Waals surface area contributed by atoms with Gasteiger partial charge < -0.3 is 10.6 Å². The zero-order chi connectivity index (χ0) is 21.6. The van der Waals surface area contributed by atoms with Crippen LogP contribution in [0.2, 0.25) is 0 Å². The van der Waals surface area contributed by atoms with Gasteiger partial charge in [0.25, 0.3) is 0 Å². The van der Waals surface area contributed by atoms with Crippen LogP contribution in [0.4, 0.5) is 5.69 Å². The van der Waals surface area contributed by atoms with Gasteiger partial charge in [-0.05, 0) is 62.6 Å². The van der Waals surface area contributed by atoms with Crippen LogP contribution in [0.5, 0.6) is 0 Å². The largest absolute Gasteiger partial charge is 0.371 e. The molecule has 3 N–H and O–H groups in total. The van der Waals surface area contributed by atoms with Gasteiger partial charge in [0.05, 0.1) is 11.4 Å². The molecule has 0 bridgehead atoms. The van der Waals surface area contributed by atoms with Crippen LogP contribution in [-0.4, -0.2) is 39.1 Å². The van der Waals surface area contributed by atoms with Crippen LogP contribution < -0.4 is 10.6 Å². The van der Waals surface area contributed by atoms with Gasteiger partial charge in [-0.25, -0.2) is 0 Å². The number of hydrogen-bond acceptors (Lipinski definition) is 4. The first-order chi connectivity index (χ1) is 14.9. The fourth-order valence-electron chi connectivity index (χ4n) is 5.07. The Kier molecular flexibility index (Phi) is 5.13. The van der Waals surface area contributed by atoms with E-state index in [0.29, 0.717) is 11.5 Å². The summed E-state index contributed by atoms with van der Waals surface area (Å²) in [5.41, 5.74) is 14.7. The van der Waals surface area contributed by atoms with E-state index in [1.807, 2.05) is 0 Å². The first-order valence-corrected chi connectivity index (χ1v) is 11.7. The quantitative estimate of drug-likeness (QED) is 0.658. The number of nitrogens with two attached hydrogens (primary N) is 1. The van der Waals surface area contributed by atoms with E-state index in [2.05, 4.69) is 70.9 Å². The Balaban J connectivity index is 1.39. The maximum absolute atomic E-state index is 6.05. The molecular formula is C25H34N6. The number of H-pyrrole nitrogens is 1. The van der Waals surface area contributed by atoms with E-state index in [-0.39, 0.29) is 0 Å². The molecule has 2 aliphatic rings. The maximum Gasteiger partial charge on any atom is 0.114 e. The lowest BCUT2D eigenvalue weighted by molar-refractivity contribution is 0.305. The lowest BCUT2D eigenvalue weighted by atomic mass is 9.76. The van der Waals surface area contributed by atoms with Gasteiger partial charge in [0, 0.05) is 48.2 Å². The van der Waals surface area contributed by atoms with Gasteiger partial charge in [-0.2, -0.15) is 10.2 Å². The summed E-state index contributed by atoms with van der Waals surface area (Å²) >= 11 is 0. The number of anilines is 1. The van der Waals surface area contributed by atoms with Crippen LogP contribution in [0.25, 0.3) is 22.6 Å². The Hall–Kier alpha value is -2.60. The lowest BCUT2D eigenvalue weighted by Crippen LogP contribution is -2.39. The molecule has 5 rings (SSSR count). The standard InChI is InChI=1S/C25H34N6/c1-4-31-23-16-25(2,3)12-9-20(23)24(29-31)22-15-21(27-28-22)17-5-7-19(8-6-17)30-13-10-18(26)11-14-30/h5-8,15,18H,4,9-14,16,26H2,1-3H3,(H,27,28). The topological polar surface area (TPSA) is 75.8 Å². The number of rotatable bonds is 4. The number of aromatic amines is 1. The second kappa shape index (κ2) is 7.83. The van der Waals surface area contributed by atoms with Gasteiger partial charge in [-0.3, -0.25) is 9.78 Å². The summed E-state index contributed by atoms with van der Waals surface area (Å²) in [4.78, 5) is 2.42. The summed E-state index contributed by atoms with van der Waals surface area (Å²) in [7, 11) is 0. The molecule has 6 nitrogen and oxygen atoms in total. The first-order valence-electron chi connectivity index (χ1n) is 11.7. The predicted octanol–water partition coefficient (Wildman–Crippen LogP) is 4.40. The Labute approximate surface area is 184 Å². The van der Waals surface area contributed by atoms with E-state index in [1.54, 1.807) is 0 Å². The van der Waals surface area contributed by atoms with Gasteiger partial charge in [-0.1, -0.05) is 26.0 Å². The molecule has 1 aromatic carbocycles. The highest BCUT2D eigenvalue weighted by Gasteiger charge is 2.31. The molecule has 0 atom stereocenters. The van der Waals surface area contributed by atoms with Gasteiger partial charge in [0.15, 0.2) is 0 Å². The van der Waals surface area contributed by atoms with Crippen molar-refractivity contribution < 1.29 is 0 Å². The third-order valence-electron chi connectivity index (χ3n) is 7.06. The average Bonchev–Trinajstić information content (AvgIpc) is 3.38. The molecule has 2 aromatic heterocycles. The number of nitrogens with zero attached hydrogens (tertiary/aromatic N) is 4. The molecule has 0 radical (unpaired) electrons. The van der Waals surface area contributed by atoms with Crippen molar-refractivity contribution in [1.29, 1.82) is 0 Å². The maximum atomic E-state index is 6.05. The van der Waals surface area contributed by atoms with Crippen molar-refractivity contribution in [1.82, 2.24) is 20.0 Å². The minimum absolute atomic E-state index is 0.345. The molecular weight excluding hydrogens is 384 g/mol.